The third-order valence-corrected chi connectivity index (χ3v) is 4.41. The van der Waals surface area contributed by atoms with Crippen molar-refractivity contribution in [1.29, 1.82) is 0 Å². The Bertz CT molecular complexity index is 988. The molecule has 3 heterocycles. The molecule has 0 unspecified atom stereocenters. The number of aromatic nitrogens is 4. The fourth-order valence-corrected chi connectivity index (χ4v) is 3.00. The third-order valence-electron chi connectivity index (χ3n) is 4.41. The number of nitrogens with one attached hydrogen (secondary N) is 1. The van der Waals surface area contributed by atoms with Gasteiger partial charge in [-0.15, -0.1) is 0 Å². The molecular weight excluding hydrogens is 356 g/mol. The topological polar surface area (TPSA) is 93.1 Å². The van der Waals surface area contributed by atoms with Gasteiger partial charge in [0.05, 0.1) is 18.9 Å². The Morgan fingerprint density at radius 2 is 1.96 bits per heavy atom. The minimum absolute atomic E-state index is 0.284. The first-order valence-corrected chi connectivity index (χ1v) is 9.05. The molecule has 28 heavy (non-hydrogen) atoms. The zero-order chi connectivity index (χ0) is 19.3. The summed E-state index contributed by atoms with van der Waals surface area (Å²) in [5, 5.41) is 2.90. The van der Waals surface area contributed by atoms with E-state index in [2.05, 4.69) is 30.2 Å². The van der Waals surface area contributed by atoms with Crippen molar-refractivity contribution >= 4 is 17.4 Å². The van der Waals surface area contributed by atoms with Crippen LogP contribution in [0.2, 0.25) is 0 Å². The van der Waals surface area contributed by atoms with E-state index in [0.717, 1.165) is 30.2 Å². The van der Waals surface area contributed by atoms with Gasteiger partial charge in [0.15, 0.2) is 0 Å². The molecule has 8 nitrogen and oxygen atoms in total. The molecule has 1 fully saturated rings. The number of rotatable bonds is 4. The van der Waals surface area contributed by atoms with Gasteiger partial charge in [-0.3, -0.25) is 4.79 Å². The van der Waals surface area contributed by atoms with Crippen LogP contribution in [0.1, 0.15) is 16.3 Å². The standard InChI is InChI=1S/C20H20N6O2/c1-14-21-6-5-17(24-14)15-3-2-4-16(11-15)25-20(27)18-12-19(23-13-22-18)26-7-9-28-10-8-26/h2-6,11-13H,7-10H2,1H3,(H,25,27). The lowest BCUT2D eigenvalue weighted by Crippen LogP contribution is -2.37. The second kappa shape index (κ2) is 8.10. The summed E-state index contributed by atoms with van der Waals surface area (Å²) in [5.74, 6) is 1.14. The number of nitrogens with zero attached hydrogens (tertiary/aromatic N) is 5. The van der Waals surface area contributed by atoms with Gasteiger partial charge in [-0.1, -0.05) is 12.1 Å². The summed E-state index contributed by atoms with van der Waals surface area (Å²) in [6.45, 7) is 4.65. The number of hydrogen-bond donors (Lipinski definition) is 1. The van der Waals surface area contributed by atoms with Crippen molar-refractivity contribution in [2.75, 3.05) is 36.5 Å². The van der Waals surface area contributed by atoms with E-state index in [-0.39, 0.29) is 5.91 Å². The molecule has 8 heteroatoms. The number of hydrogen-bond acceptors (Lipinski definition) is 7. The number of ether oxygens (including phenoxy) is 1. The molecule has 0 bridgehead atoms. The van der Waals surface area contributed by atoms with Crippen LogP contribution in [0.25, 0.3) is 11.3 Å². The molecule has 0 atom stereocenters. The van der Waals surface area contributed by atoms with E-state index in [0.29, 0.717) is 30.4 Å². The van der Waals surface area contributed by atoms with Crippen molar-refractivity contribution in [2.24, 2.45) is 0 Å². The van der Waals surface area contributed by atoms with Crippen LogP contribution in [-0.2, 0) is 4.74 Å². The molecule has 1 aliphatic heterocycles. The van der Waals surface area contributed by atoms with Crippen molar-refractivity contribution in [3.05, 3.63) is 60.4 Å². The van der Waals surface area contributed by atoms with Crippen LogP contribution in [-0.4, -0.2) is 52.1 Å². The van der Waals surface area contributed by atoms with Crippen molar-refractivity contribution in [3.8, 4) is 11.3 Å². The van der Waals surface area contributed by atoms with Crippen LogP contribution in [0, 0.1) is 6.92 Å². The molecule has 0 aliphatic carbocycles. The normalized spacial score (nSPS) is 14.0. The second-order valence-corrected chi connectivity index (χ2v) is 6.38. The van der Waals surface area contributed by atoms with Crippen molar-refractivity contribution in [2.45, 2.75) is 6.92 Å². The zero-order valence-electron chi connectivity index (χ0n) is 15.5. The minimum atomic E-state index is -0.284. The summed E-state index contributed by atoms with van der Waals surface area (Å²) in [6.07, 6.45) is 3.14. The quantitative estimate of drug-likeness (QED) is 0.747. The highest BCUT2D eigenvalue weighted by molar-refractivity contribution is 6.03. The van der Waals surface area contributed by atoms with Crippen molar-refractivity contribution in [1.82, 2.24) is 19.9 Å². The number of amides is 1. The molecule has 0 saturated carbocycles. The first kappa shape index (κ1) is 18.0. The molecule has 142 valence electrons. The van der Waals surface area contributed by atoms with Gasteiger partial charge in [-0.25, -0.2) is 19.9 Å². The Balaban J connectivity index is 1.52. The molecule has 1 aromatic carbocycles. The van der Waals surface area contributed by atoms with E-state index >= 15 is 0 Å². The van der Waals surface area contributed by atoms with Gasteiger partial charge in [-0.05, 0) is 25.1 Å². The largest absolute Gasteiger partial charge is 0.378 e. The predicted octanol–water partition coefficient (Wildman–Crippen LogP) is 2.33. The first-order chi connectivity index (χ1) is 13.7. The lowest BCUT2D eigenvalue weighted by molar-refractivity contribution is 0.102. The number of carbonyl (C=O) groups excluding carboxylic acids is 1. The zero-order valence-corrected chi connectivity index (χ0v) is 15.5. The van der Waals surface area contributed by atoms with Crippen LogP contribution in [0.5, 0.6) is 0 Å². The molecule has 0 radical (unpaired) electrons. The van der Waals surface area contributed by atoms with Crippen LogP contribution in [0.3, 0.4) is 0 Å². The summed E-state index contributed by atoms with van der Waals surface area (Å²) in [7, 11) is 0. The average Bonchev–Trinajstić information content (AvgIpc) is 2.75. The Morgan fingerprint density at radius 1 is 1.11 bits per heavy atom. The smallest absolute Gasteiger partial charge is 0.274 e. The molecule has 1 amide bonds. The van der Waals surface area contributed by atoms with Crippen molar-refractivity contribution in [3.63, 3.8) is 0 Å². The van der Waals surface area contributed by atoms with Crippen LogP contribution < -0.4 is 10.2 Å². The highest BCUT2D eigenvalue weighted by atomic mass is 16.5. The maximum atomic E-state index is 12.7. The Morgan fingerprint density at radius 3 is 2.79 bits per heavy atom. The van der Waals surface area contributed by atoms with Gasteiger partial charge in [0.25, 0.3) is 5.91 Å². The minimum Gasteiger partial charge on any atom is -0.378 e. The van der Waals surface area contributed by atoms with Gasteiger partial charge in [0.2, 0.25) is 0 Å². The summed E-state index contributed by atoms with van der Waals surface area (Å²) in [5.41, 5.74) is 2.70. The lowest BCUT2D eigenvalue weighted by Gasteiger charge is -2.27. The van der Waals surface area contributed by atoms with Gasteiger partial charge < -0.3 is 15.0 Å². The summed E-state index contributed by atoms with van der Waals surface area (Å²) >= 11 is 0. The number of benzene rings is 1. The third kappa shape index (κ3) is 4.12. The molecule has 1 N–H and O–H groups in total. The monoisotopic (exact) mass is 376 g/mol. The van der Waals surface area contributed by atoms with Crippen LogP contribution in [0.4, 0.5) is 11.5 Å². The first-order valence-electron chi connectivity index (χ1n) is 9.05. The molecule has 0 spiro atoms. The maximum Gasteiger partial charge on any atom is 0.274 e. The van der Waals surface area contributed by atoms with Gasteiger partial charge in [0.1, 0.15) is 23.7 Å². The summed E-state index contributed by atoms with van der Waals surface area (Å²) in [4.78, 5) is 31.7. The Hall–Kier alpha value is -3.39. The van der Waals surface area contributed by atoms with E-state index in [1.54, 1.807) is 12.3 Å². The molecule has 1 aliphatic rings. The Labute approximate surface area is 162 Å². The van der Waals surface area contributed by atoms with E-state index < -0.39 is 0 Å². The summed E-state index contributed by atoms with van der Waals surface area (Å²) in [6, 6.07) is 11.1. The lowest BCUT2D eigenvalue weighted by atomic mass is 10.1. The maximum absolute atomic E-state index is 12.7. The van der Waals surface area contributed by atoms with Crippen LogP contribution >= 0.6 is 0 Å². The predicted molar refractivity (Wildman–Crippen MR) is 105 cm³/mol. The second-order valence-electron chi connectivity index (χ2n) is 6.38. The van der Waals surface area contributed by atoms with E-state index in [4.69, 9.17) is 4.74 Å². The number of morpholine rings is 1. The molecule has 1 saturated heterocycles. The average molecular weight is 376 g/mol. The fraction of sp³-hybridized carbons (Fsp3) is 0.250. The SMILES string of the molecule is Cc1nccc(-c2cccc(NC(=O)c3cc(N4CCOCC4)ncn3)c2)n1. The fourth-order valence-electron chi connectivity index (χ4n) is 3.00. The van der Waals surface area contributed by atoms with E-state index in [9.17, 15) is 4.79 Å². The molecular formula is C20H20N6O2. The van der Waals surface area contributed by atoms with Gasteiger partial charge in [-0.2, -0.15) is 0 Å². The van der Waals surface area contributed by atoms with E-state index in [1.807, 2.05) is 37.3 Å². The number of aryl methyl sites for hydroxylation is 1. The molecule has 3 aromatic rings. The van der Waals surface area contributed by atoms with Gasteiger partial charge >= 0.3 is 0 Å². The van der Waals surface area contributed by atoms with E-state index in [1.165, 1.54) is 6.33 Å². The number of anilines is 2. The summed E-state index contributed by atoms with van der Waals surface area (Å²) < 4.78 is 5.36. The highest BCUT2D eigenvalue weighted by Gasteiger charge is 2.16. The number of carbonyl (C=O) groups is 1. The Kier molecular flexibility index (Phi) is 5.20. The highest BCUT2D eigenvalue weighted by Crippen LogP contribution is 2.21. The van der Waals surface area contributed by atoms with Gasteiger partial charge in [0, 0.05) is 36.6 Å². The molecule has 4 rings (SSSR count). The van der Waals surface area contributed by atoms with Crippen molar-refractivity contribution < 1.29 is 9.53 Å². The van der Waals surface area contributed by atoms with Crippen LogP contribution in [0.15, 0.2) is 48.9 Å². The molecule has 2 aromatic heterocycles.